The predicted molar refractivity (Wildman–Crippen MR) is 98.8 cm³/mol. The number of fused-ring (bicyclic) bond motifs is 1. The van der Waals surface area contributed by atoms with E-state index in [4.69, 9.17) is 18.9 Å². The molecule has 28 heavy (non-hydrogen) atoms. The Kier molecular flexibility index (Phi) is 6.03. The minimum Gasteiger partial charge on any atom is -0.465 e. The Morgan fingerprint density at radius 2 is 1.75 bits per heavy atom. The zero-order valence-corrected chi connectivity index (χ0v) is 17.4. The third kappa shape index (κ3) is 3.31. The zero-order chi connectivity index (χ0) is 20.6. The number of ether oxygens (including phenoxy) is 4. The van der Waals surface area contributed by atoms with Crippen molar-refractivity contribution < 1.29 is 33.3 Å². The summed E-state index contributed by atoms with van der Waals surface area (Å²) in [5.41, 5.74) is -1.63. The third-order valence-electron chi connectivity index (χ3n) is 6.54. The number of rotatable bonds is 7. The van der Waals surface area contributed by atoms with Gasteiger partial charge in [0, 0.05) is 0 Å². The van der Waals surface area contributed by atoms with Crippen molar-refractivity contribution in [2.75, 3.05) is 13.2 Å². The van der Waals surface area contributed by atoms with Gasteiger partial charge in [0.1, 0.15) is 0 Å². The van der Waals surface area contributed by atoms with Gasteiger partial charge in [-0.05, 0) is 44.4 Å². The molecule has 7 heteroatoms. The summed E-state index contributed by atoms with van der Waals surface area (Å²) in [5.74, 6) is -2.26. The first kappa shape index (κ1) is 21.1. The molecule has 0 radical (unpaired) electrons. The second-order valence-corrected chi connectivity index (χ2v) is 8.62. The lowest BCUT2D eigenvalue weighted by atomic mass is 9.75. The van der Waals surface area contributed by atoms with Gasteiger partial charge in [-0.3, -0.25) is 14.4 Å². The van der Waals surface area contributed by atoms with Gasteiger partial charge >= 0.3 is 17.9 Å². The molecule has 1 aliphatic heterocycles. The Labute approximate surface area is 166 Å². The second kappa shape index (κ2) is 8.01. The van der Waals surface area contributed by atoms with Crippen molar-refractivity contribution in [2.45, 2.75) is 66.3 Å². The van der Waals surface area contributed by atoms with Gasteiger partial charge in [-0.1, -0.05) is 27.2 Å². The molecule has 0 N–H and O–H groups in total. The van der Waals surface area contributed by atoms with Crippen molar-refractivity contribution >= 4 is 17.9 Å². The summed E-state index contributed by atoms with van der Waals surface area (Å²) in [4.78, 5) is 37.8. The fourth-order valence-corrected chi connectivity index (χ4v) is 5.05. The van der Waals surface area contributed by atoms with E-state index in [0.717, 1.165) is 19.3 Å². The summed E-state index contributed by atoms with van der Waals surface area (Å²) >= 11 is 0. The van der Waals surface area contributed by atoms with E-state index in [2.05, 4.69) is 20.8 Å². The fourth-order valence-electron chi connectivity index (χ4n) is 5.05. The molecule has 0 spiro atoms. The zero-order valence-electron chi connectivity index (χ0n) is 17.4. The number of esters is 3. The highest BCUT2D eigenvalue weighted by molar-refractivity contribution is 6.10. The lowest BCUT2D eigenvalue weighted by molar-refractivity contribution is -0.208. The molecule has 1 heterocycles. The van der Waals surface area contributed by atoms with Crippen molar-refractivity contribution in [3.8, 4) is 0 Å². The van der Waals surface area contributed by atoms with E-state index in [0.29, 0.717) is 17.8 Å². The van der Waals surface area contributed by atoms with Crippen LogP contribution in [-0.4, -0.2) is 43.5 Å². The molecule has 2 saturated carbocycles. The average Bonchev–Trinajstić information content (AvgIpc) is 3.23. The largest absolute Gasteiger partial charge is 0.465 e. The molecule has 3 aliphatic rings. The maximum atomic E-state index is 12.7. The normalized spacial score (nSPS) is 35.9. The Morgan fingerprint density at radius 3 is 2.29 bits per heavy atom. The van der Waals surface area contributed by atoms with Gasteiger partial charge in [0.2, 0.25) is 6.29 Å². The van der Waals surface area contributed by atoms with Crippen LogP contribution in [-0.2, 0) is 33.3 Å². The summed E-state index contributed by atoms with van der Waals surface area (Å²) in [6.45, 7) is 10.1. The van der Waals surface area contributed by atoms with Crippen LogP contribution in [0.2, 0.25) is 0 Å². The first-order valence-electron chi connectivity index (χ1n) is 10.5. The van der Waals surface area contributed by atoms with Crippen molar-refractivity contribution in [3.63, 3.8) is 0 Å². The Bertz CT molecular complexity index is 610. The van der Waals surface area contributed by atoms with E-state index < -0.39 is 41.4 Å². The molecule has 6 atom stereocenters. The molecule has 3 rings (SSSR count). The average molecular weight is 396 g/mol. The molecule has 0 aromatic carbocycles. The molecular weight excluding hydrogens is 364 g/mol. The lowest BCUT2D eigenvalue weighted by Gasteiger charge is -2.38. The van der Waals surface area contributed by atoms with Crippen LogP contribution in [0.25, 0.3) is 0 Å². The van der Waals surface area contributed by atoms with Crippen LogP contribution in [0.1, 0.15) is 53.9 Å². The van der Waals surface area contributed by atoms with Gasteiger partial charge in [-0.25, -0.2) is 0 Å². The standard InChI is InChI=1S/C21H32O7/c1-6-25-19(23)21(20(24)26-7-2)15-16(21)18(28-17(15)22)27-14-10-12(5)8-9-13(14)11(3)4/h11-16,18H,6-10H2,1-5H3/t12-,13+,14-,15+,16-,18-/m1/s1. The number of hydrogen-bond acceptors (Lipinski definition) is 7. The van der Waals surface area contributed by atoms with E-state index in [1.54, 1.807) is 13.8 Å². The van der Waals surface area contributed by atoms with E-state index >= 15 is 0 Å². The Balaban J connectivity index is 1.83. The smallest absolute Gasteiger partial charge is 0.324 e. The molecule has 3 fully saturated rings. The molecule has 2 aliphatic carbocycles. The highest BCUT2D eigenvalue weighted by atomic mass is 16.7. The van der Waals surface area contributed by atoms with Crippen molar-refractivity contribution in [1.82, 2.24) is 0 Å². The van der Waals surface area contributed by atoms with E-state index in [1.807, 2.05) is 0 Å². The predicted octanol–water partition coefficient (Wildman–Crippen LogP) is 2.71. The summed E-state index contributed by atoms with van der Waals surface area (Å²) < 4.78 is 22.0. The van der Waals surface area contributed by atoms with Crippen molar-refractivity contribution in [2.24, 2.45) is 35.0 Å². The molecular formula is C21H32O7. The van der Waals surface area contributed by atoms with Crippen LogP contribution in [0.4, 0.5) is 0 Å². The summed E-state index contributed by atoms with van der Waals surface area (Å²) in [7, 11) is 0. The second-order valence-electron chi connectivity index (χ2n) is 8.62. The highest BCUT2D eigenvalue weighted by Gasteiger charge is 2.86. The molecule has 1 saturated heterocycles. The third-order valence-corrected chi connectivity index (χ3v) is 6.54. The van der Waals surface area contributed by atoms with Gasteiger partial charge in [-0.2, -0.15) is 0 Å². The van der Waals surface area contributed by atoms with Crippen LogP contribution in [0.3, 0.4) is 0 Å². The molecule has 0 amide bonds. The summed E-state index contributed by atoms with van der Waals surface area (Å²) in [6.07, 6.45) is 2.10. The molecule has 0 bridgehead atoms. The molecule has 0 aromatic rings. The maximum Gasteiger partial charge on any atom is 0.324 e. The SMILES string of the molecule is CCOC(=O)C1(C(=O)OCC)[C@H]2[C@H](O[C@@H]3C[C@H](C)CC[C@H]3C(C)C)OC(=O)[C@H]21. The fraction of sp³-hybridized carbons (Fsp3) is 0.857. The molecule has 0 aromatic heterocycles. The van der Waals surface area contributed by atoms with Crippen LogP contribution < -0.4 is 0 Å². The van der Waals surface area contributed by atoms with Gasteiger partial charge in [-0.15, -0.1) is 0 Å². The van der Waals surface area contributed by atoms with E-state index in [9.17, 15) is 14.4 Å². The minimum absolute atomic E-state index is 0.0667. The van der Waals surface area contributed by atoms with Crippen LogP contribution in [0.15, 0.2) is 0 Å². The molecule has 158 valence electrons. The van der Waals surface area contributed by atoms with E-state index in [1.165, 1.54) is 0 Å². The van der Waals surface area contributed by atoms with Gasteiger partial charge < -0.3 is 18.9 Å². The lowest BCUT2D eigenvalue weighted by Crippen LogP contribution is -2.42. The molecule has 7 nitrogen and oxygen atoms in total. The van der Waals surface area contributed by atoms with E-state index in [-0.39, 0.29) is 19.3 Å². The number of carbonyl (C=O) groups excluding carboxylic acids is 3. The van der Waals surface area contributed by atoms with Gasteiger partial charge in [0.05, 0.1) is 31.2 Å². The maximum absolute atomic E-state index is 12.7. The van der Waals surface area contributed by atoms with Gasteiger partial charge in [0.15, 0.2) is 5.41 Å². The number of cyclic esters (lactones) is 1. The molecule has 0 unspecified atom stereocenters. The first-order valence-corrected chi connectivity index (χ1v) is 10.5. The van der Waals surface area contributed by atoms with Gasteiger partial charge in [0.25, 0.3) is 0 Å². The number of hydrogen-bond donors (Lipinski definition) is 0. The van der Waals surface area contributed by atoms with Crippen LogP contribution in [0, 0.1) is 35.0 Å². The van der Waals surface area contributed by atoms with Crippen molar-refractivity contribution in [1.29, 1.82) is 0 Å². The first-order chi connectivity index (χ1) is 13.3. The van der Waals surface area contributed by atoms with Crippen molar-refractivity contribution in [3.05, 3.63) is 0 Å². The van der Waals surface area contributed by atoms with Crippen LogP contribution in [0.5, 0.6) is 0 Å². The quantitative estimate of drug-likeness (QED) is 0.371. The van der Waals surface area contributed by atoms with Crippen LogP contribution >= 0.6 is 0 Å². The Morgan fingerprint density at radius 1 is 1.14 bits per heavy atom. The Hall–Kier alpha value is -1.63. The summed E-state index contributed by atoms with van der Waals surface area (Å²) in [6, 6.07) is 0. The monoisotopic (exact) mass is 396 g/mol. The topological polar surface area (TPSA) is 88.1 Å². The highest BCUT2D eigenvalue weighted by Crippen LogP contribution is 2.67. The summed E-state index contributed by atoms with van der Waals surface area (Å²) in [5, 5.41) is 0. The minimum atomic E-state index is -1.63. The number of carbonyl (C=O) groups is 3.